The quantitative estimate of drug-likeness (QED) is 0.255. The van der Waals surface area contributed by atoms with E-state index in [9.17, 15) is 20.1 Å². The number of primary amides is 1. The van der Waals surface area contributed by atoms with Crippen LogP contribution in [-0.4, -0.2) is 99.2 Å². The molecule has 35 heavy (non-hydrogen) atoms. The molecule has 1 aromatic carbocycles. The summed E-state index contributed by atoms with van der Waals surface area (Å²) in [5, 5.41) is 30.0. The normalized spacial score (nSPS) is 25.3. The van der Waals surface area contributed by atoms with Gasteiger partial charge in [0.05, 0.1) is 45.7 Å². The van der Waals surface area contributed by atoms with E-state index in [0.29, 0.717) is 44.5 Å². The maximum Gasteiger partial charge on any atom is 0.318 e. The predicted molar refractivity (Wildman–Crippen MR) is 128 cm³/mol. The Balaban J connectivity index is 1.57. The highest BCUT2D eigenvalue weighted by Crippen LogP contribution is 2.33. The van der Waals surface area contributed by atoms with E-state index in [1.54, 1.807) is 31.3 Å². The summed E-state index contributed by atoms with van der Waals surface area (Å²) in [6.07, 6.45) is -3.02. The number of anilines is 1. The summed E-state index contributed by atoms with van der Waals surface area (Å²) < 4.78 is 28.1. The van der Waals surface area contributed by atoms with Crippen molar-refractivity contribution >= 4 is 11.7 Å². The molecule has 1 aliphatic heterocycles. The molecule has 1 fully saturated rings. The highest BCUT2D eigenvalue weighted by molar-refractivity contribution is 5.90. The molecule has 2 rings (SSSR count). The molecule has 1 aliphatic rings. The number of urea groups is 1. The third kappa shape index (κ3) is 8.87. The molecule has 6 unspecified atom stereocenters. The minimum absolute atomic E-state index is 0.0650. The van der Waals surface area contributed by atoms with Gasteiger partial charge < -0.3 is 44.7 Å². The Hall–Kier alpha value is -1.99. The van der Waals surface area contributed by atoms with E-state index >= 15 is 0 Å². The number of nitrogens with zero attached hydrogens (tertiary/aromatic N) is 1. The van der Waals surface area contributed by atoms with Crippen LogP contribution in [-0.2, 0) is 18.9 Å². The van der Waals surface area contributed by atoms with Crippen LogP contribution in [0.4, 0.5) is 10.5 Å². The zero-order valence-electron chi connectivity index (χ0n) is 20.7. The Labute approximate surface area is 206 Å². The summed E-state index contributed by atoms with van der Waals surface area (Å²) in [7, 11) is 1.59. The van der Waals surface area contributed by atoms with Crippen LogP contribution in [0.3, 0.4) is 0 Å². The standard InChI is InChI=1S/C24H40N2O9/c1-4-16(2)20-22(29)21(28)19(15-27)35-23(20)34-14-12-32-10-9-31-11-13-33-18-7-5-17(6-8-18)26(3)24(25)30/h5-8,16,19-23,27-29H,4,9-15H2,1-3H3,(H2,25,30). The summed E-state index contributed by atoms with van der Waals surface area (Å²) in [6.45, 7) is 5.62. The Morgan fingerprint density at radius 2 is 1.66 bits per heavy atom. The number of aliphatic hydroxyl groups is 3. The molecule has 0 spiro atoms. The van der Waals surface area contributed by atoms with Gasteiger partial charge in [-0.1, -0.05) is 20.3 Å². The van der Waals surface area contributed by atoms with Crippen molar-refractivity contribution < 1.29 is 43.8 Å². The van der Waals surface area contributed by atoms with Crippen molar-refractivity contribution in [2.45, 2.75) is 44.9 Å². The van der Waals surface area contributed by atoms with Gasteiger partial charge in [-0.25, -0.2) is 4.79 Å². The molecule has 1 aromatic rings. The van der Waals surface area contributed by atoms with Gasteiger partial charge in [-0.15, -0.1) is 0 Å². The van der Waals surface area contributed by atoms with Crippen molar-refractivity contribution in [2.75, 3.05) is 58.2 Å². The first-order chi connectivity index (χ1) is 16.8. The summed E-state index contributed by atoms with van der Waals surface area (Å²) in [4.78, 5) is 12.5. The monoisotopic (exact) mass is 500 g/mol. The van der Waals surface area contributed by atoms with Gasteiger partial charge in [-0.05, 0) is 30.2 Å². The van der Waals surface area contributed by atoms with E-state index in [-0.39, 0.29) is 12.5 Å². The Morgan fingerprint density at radius 3 is 2.23 bits per heavy atom. The molecule has 2 amide bonds. The molecule has 11 heteroatoms. The van der Waals surface area contributed by atoms with Crippen molar-refractivity contribution in [1.29, 1.82) is 0 Å². The van der Waals surface area contributed by atoms with Gasteiger partial charge in [0.25, 0.3) is 0 Å². The summed E-state index contributed by atoms with van der Waals surface area (Å²) in [5.74, 6) is 0.321. The lowest BCUT2D eigenvalue weighted by atomic mass is 9.81. The van der Waals surface area contributed by atoms with E-state index in [2.05, 4.69) is 0 Å². The second-order valence-corrected chi connectivity index (χ2v) is 8.50. The number of benzene rings is 1. The van der Waals surface area contributed by atoms with E-state index in [0.717, 1.165) is 6.42 Å². The zero-order chi connectivity index (χ0) is 25.8. The molecule has 0 bridgehead atoms. The number of nitrogens with two attached hydrogens (primary N) is 1. The first-order valence-electron chi connectivity index (χ1n) is 12.0. The zero-order valence-corrected chi connectivity index (χ0v) is 20.7. The molecular formula is C24H40N2O9. The van der Waals surface area contributed by atoms with Gasteiger partial charge in [-0.2, -0.15) is 0 Å². The smallest absolute Gasteiger partial charge is 0.318 e. The fourth-order valence-corrected chi connectivity index (χ4v) is 3.79. The third-order valence-electron chi connectivity index (χ3n) is 6.16. The predicted octanol–water partition coefficient (Wildman–Crippen LogP) is 0.731. The lowest BCUT2D eigenvalue weighted by molar-refractivity contribution is -0.295. The largest absolute Gasteiger partial charge is 0.491 e. The number of carbonyl (C=O) groups excluding carboxylic acids is 1. The molecular weight excluding hydrogens is 460 g/mol. The number of aliphatic hydroxyl groups excluding tert-OH is 3. The van der Waals surface area contributed by atoms with Crippen LogP contribution in [0.1, 0.15) is 20.3 Å². The maximum atomic E-state index is 11.2. The highest BCUT2D eigenvalue weighted by Gasteiger charge is 2.46. The number of amides is 2. The van der Waals surface area contributed by atoms with Gasteiger partial charge >= 0.3 is 6.03 Å². The molecule has 0 aromatic heterocycles. The molecule has 1 saturated heterocycles. The molecule has 0 aliphatic carbocycles. The van der Waals surface area contributed by atoms with Crippen molar-refractivity contribution in [2.24, 2.45) is 17.6 Å². The Kier molecular flexibility index (Phi) is 12.7. The van der Waals surface area contributed by atoms with Crippen LogP contribution in [0.2, 0.25) is 0 Å². The Morgan fingerprint density at radius 1 is 1.06 bits per heavy atom. The number of hydrogen-bond acceptors (Lipinski definition) is 9. The highest BCUT2D eigenvalue weighted by atomic mass is 16.7. The molecule has 5 N–H and O–H groups in total. The lowest BCUT2D eigenvalue weighted by Crippen LogP contribution is -2.58. The average Bonchev–Trinajstić information content (AvgIpc) is 2.86. The van der Waals surface area contributed by atoms with Gasteiger partial charge in [0.1, 0.15) is 24.6 Å². The van der Waals surface area contributed by atoms with Crippen LogP contribution in [0, 0.1) is 11.8 Å². The minimum Gasteiger partial charge on any atom is -0.491 e. The summed E-state index contributed by atoms with van der Waals surface area (Å²) in [6, 6.07) is 6.46. The third-order valence-corrected chi connectivity index (χ3v) is 6.16. The van der Waals surface area contributed by atoms with Crippen LogP contribution in [0.25, 0.3) is 0 Å². The summed E-state index contributed by atoms with van der Waals surface area (Å²) >= 11 is 0. The van der Waals surface area contributed by atoms with Crippen molar-refractivity contribution in [3.05, 3.63) is 24.3 Å². The first kappa shape index (κ1) is 29.2. The molecule has 11 nitrogen and oxygen atoms in total. The minimum atomic E-state index is -1.15. The van der Waals surface area contributed by atoms with E-state index in [4.69, 9.17) is 29.4 Å². The first-order valence-corrected chi connectivity index (χ1v) is 12.0. The van der Waals surface area contributed by atoms with Crippen LogP contribution < -0.4 is 15.4 Å². The van der Waals surface area contributed by atoms with Crippen molar-refractivity contribution in [1.82, 2.24) is 0 Å². The number of hydrogen-bond donors (Lipinski definition) is 4. The van der Waals surface area contributed by atoms with Crippen LogP contribution in [0.5, 0.6) is 5.75 Å². The average molecular weight is 501 g/mol. The Bertz CT molecular complexity index is 736. The van der Waals surface area contributed by atoms with Crippen LogP contribution in [0.15, 0.2) is 24.3 Å². The molecule has 0 saturated carbocycles. The topological polar surface area (TPSA) is 153 Å². The maximum absolute atomic E-state index is 11.2. The van der Waals surface area contributed by atoms with Gasteiger partial charge in [0.15, 0.2) is 6.29 Å². The number of rotatable bonds is 15. The molecule has 0 radical (unpaired) electrons. The van der Waals surface area contributed by atoms with Gasteiger partial charge in [0, 0.05) is 18.7 Å². The van der Waals surface area contributed by atoms with E-state index in [1.807, 2.05) is 13.8 Å². The van der Waals surface area contributed by atoms with Gasteiger partial charge in [-0.3, -0.25) is 4.90 Å². The van der Waals surface area contributed by atoms with Crippen LogP contribution >= 0.6 is 0 Å². The summed E-state index contributed by atoms with van der Waals surface area (Å²) in [5.41, 5.74) is 5.91. The van der Waals surface area contributed by atoms with Gasteiger partial charge in [0.2, 0.25) is 0 Å². The van der Waals surface area contributed by atoms with E-state index < -0.39 is 43.2 Å². The molecule has 6 atom stereocenters. The number of ether oxygens (including phenoxy) is 5. The fourth-order valence-electron chi connectivity index (χ4n) is 3.79. The SMILES string of the molecule is CCC(C)C1C(OCCOCCOCCOc2ccc(N(C)C(N)=O)cc2)OC(CO)C(O)C1O. The van der Waals surface area contributed by atoms with E-state index in [1.165, 1.54) is 4.90 Å². The number of carbonyl (C=O) groups is 1. The molecule has 1 heterocycles. The fraction of sp³-hybridized carbons (Fsp3) is 0.708. The second-order valence-electron chi connectivity index (χ2n) is 8.50. The molecule has 200 valence electrons. The second kappa shape index (κ2) is 15.2. The van der Waals surface area contributed by atoms with Crippen molar-refractivity contribution in [3.8, 4) is 5.75 Å². The van der Waals surface area contributed by atoms with Crippen molar-refractivity contribution in [3.63, 3.8) is 0 Å². The lowest BCUT2D eigenvalue weighted by Gasteiger charge is -2.44.